The Morgan fingerprint density at radius 2 is 1.56 bits per heavy atom. The molecule has 1 amide bonds. The molecule has 0 aliphatic rings. The number of carbonyl (C=O) groups is 2. The molecule has 0 aliphatic carbocycles. The van der Waals surface area contributed by atoms with Crippen molar-refractivity contribution in [3.63, 3.8) is 0 Å². The molecule has 6 heteroatoms. The maximum absolute atomic E-state index is 12.5. The lowest BCUT2D eigenvalue weighted by Gasteiger charge is -2.18. The lowest BCUT2D eigenvalue weighted by atomic mass is 10.0. The number of allylic oxidation sites excluding steroid dienone is 1. The van der Waals surface area contributed by atoms with E-state index in [1.54, 1.807) is 24.0 Å². The first-order chi connectivity index (χ1) is 16.2. The van der Waals surface area contributed by atoms with Gasteiger partial charge in [0.05, 0.1) is 6.61 Å². The predicted octanol–water partition coefficient (Wildman–Crippen LogP) is 5.40. The summed E-state index contributed by atoms with van der Waals surface area (Å²) >= 11 is 0. The van der Waals surface area contributed by atoms with Gasteiger partial charge in [-0.2, -0.15) is 0 Å². The molecule has 0 aliphatic heterocycles. The first-order valence-electron chi connectivity index (χ1n) is 11.8. The average Bonchev–Trinajstić information content (AvgIpc) is 2.78. The van der Waals surface area contributed by atoms with Gasteiger partial charge in [0, 0.05) is 19.2 Å². The lowest BCUT2D eigenvalue weighted by molar-refractivity contribution is -0.145. The number of ether oxygens (including phenoxy) is 3. The Kier molecular flexibility index (Phi) is 10.2. The fourth-order valence-electron chi connectivity index (χ4n) is 3.81. The minimum absolute atomic E-state index is 0.0397. The minimum atomic E-state index is -0.451. The fourth-order valence-corrected chi connectivity index (χ4v) is 3.81. The molecule has 0 unspecified atom stereocenters. The summed E-state index contributed by atoms with van der Waals surface area (Å²) in [6.07, 6.45) is 1.62. The molecule has 0 heterocycles. The number of aryl methyl sites for hydroxylation is 3. The van der Waals surface area contributed by atoms with E-state index in [1.165, 1.54) is 5.56 Å². The van der Waals surface area contributed by atoms with E-state index in [-0.39, 0.29) is 19.1 Å². The Labute approximate surface area is 203 Å². The molecule has 0 spiro atoms. The van der Waals surface area contributed by atoms with E-state index >= 15 is 0 Å². The molecule has 2 aromatic rings. The SMILES string of the molecule is CCOC(=O)COc1cc(C(C)=CC(=O)N(CC)CC)ccc1OCc1c(C)cc(C)cc1C. The van der Waals surface area contributed by atoms with Crippen molar-refractivity contribution in [3.05, 3.63) is 64.2 Å². The number of likely N-dealkylation sites (N-methyl/N-ethyl adjacent to an activating group) is 1. The highest BCUT2D eigenvalue weighted by Crippen LogP contribution is 2.32. The quantitative estimate of drug-likeness (QED) is 0.327. The van der Waals surface area contributed by atoms with E-state index in [9.17, 15) is 9.59 Å². The summed E-state index contributed by atoms with van der Waals surface area (Å²) in [4.78, 5) is 26.1. The van der Waals surface area contributed by atoms with Gasteiger partial charge in [-0.1, -0.05) is 23.8 Å². The van der Waals surface area contributed by atoms with Crippen LogP contribution < -0.4 is 9.47 Å². The van der Waals surface area contributed by atoms with E-state index in [4.69, 9.17) is 14.2 Å². The van der Waals surface area contributed by atoms with Crippen molar-refractivity contribution in [2.45, 2.75) is 55.1 Å². The zero-order chi connectivity index (χ0) is 25.3. The van der Waals surface area contributed by atoms with E-state index in [2.05, 4.69) is 32.9 Å². The van der Waals surface area contributed by atoms with Gasteiger partial charge in [0.25, 0.3) is 0 Å². The molecule has 0 N–H and O–H groups in total. The summed E-state index contributed by atoms with van der Waals surface area (Å²) in [5, 5.41) is 0. The van der Waals surface area contributed by atoms with Crippen molar-refractivity contribution in [2.24, 2.45) is 0 Å². The molecule has 0 fully saturated rings. The van der Waals surface area contributed by atoms with Crippen molar-refractivity contribution >= 4 is 17.4 Å². The molecule has 0 atom stereocenters. The van der Waals surface area contributed by atoms with Gasteiger partial charge in [0.1, 0.15) is 6.61 Å². The fraction of sp³-hybridized carbons (Fsp3) is 0.429. The predicted molar refractivity (Wildman–Crippen MR) is 135 cm³/mol. The van der Waals surface area contributed by atoms with Crippen LogP contribution in [0, 0.1) is 20.8 Å². The molecule has 0 aromatic heterocycles. The van der Waals surface area contributed by atoms with E-state index < -0.39 is 5.97 Å². The van der Waals surface area contributed by atoms with Gasteiger partial charge in [-0.05, 0) is 88.4 Å². The first-order valence-corrected chi connectivity index (χ1v) is 11.8. The number of carbonyl (C=O) groups excluding carboxylic acids is 2. The lowest BCUT2D eigenvalue weighted by Crippen LogP contribution is -2.28. The topological polar surface area (TPSA) is 65.1 Å². The highest BCUT2D eigenvalue weighted by molar-refractivity contribution is 5.95. The van der Waals surface area contributed by atoms with Crippen LogP contribution in [0.25, 0.3) is 5.57 Å². The van der Waals surface area contributed by atoms with Crippen molar-refractivity contribution < 1.29 is 23.8 Å². The number of benzene rings is 2. The Balaban J connectivity index is 2.32. The van der Waals surface area contributed by atoms with E-state index in [1.807, 2.05) is 32.9 Å². The summed E-state index contributed by atoms with van der Waals surface area (Å²) < 4.78 is 16.9. The van der Waals surface area contributed by atoms with Crippen LogP contribution in [0.3, 0.4) is 0 Å². The largest absolute Gasteiger partial charge is 0.485 e. The van der Waals surface area contributed by atoms with Gasteiger partial charge < -0.3 is 19.1 Å². The second-order valence-electron chi connectivity index (χ2n) is 8.26. The molecule has 6 nitrogen and oxygen atoms in total. The molecule has 184 valence electrons. The van der Waals surface area contributed by atoms with Crippen LogP contribution in [0.1, 0.15) is 55.5 Å². The second kappa shape index (κ2) is 12.8. The van der Waals surface area contributed by atoms with Crippen molar-refractivity contribution in [3.8, 4) is 11.5 Å². The highest BCUT2D eigenvalue weighted by atomic mass is 16.6. The summed E-state index contributed by atoms with van der Waals surface area (Å²) in [5.41, 5.74) is 6.27. The van der Waals surface area contributed by atoms with E-state index in [0.717, 1.165) is 27.8 Å². The average molecular weight is 468 g/mol. The Bertz CT molecular complexity index is 1010. The van der Waals surface area contributed by atoms with Crippen LogP contribution in [-0.2, 0) is 20.9 Å². The van der Waals surface area contributed by atoms with Gasteiger partial charge in [-0.25, -0.2) is 4.79 Å². The normalized spacial score (nSPS) is 11.2. The standard InChI is InChI=1S/C28H37NO5/c1-8-29(9-2)27(30)15-20(5)23-11-12-25(26(16-23)34-18-28(31)32-10-3)33-17-24-21(6)13-19(4)14-22(24)7/h11-16H,8-10,17-18H2,1-7H3. The van der Waals surface area contributed by atoms with Crippen molar-refractivity contribution in [2.75, 3.05) is 26.3 Å². The number of esters is 1. The van der Waals surface area contributed by atoms with E-state index in [0.29, 0.717) is 31.2 Å². The van der Waals surface area contributed by atoms with Crippen LogP contribution in [0.15, 0.2) is 36.4 Å². The first kappa shape index (κ1) is 27.0. The smallest absolute Gasteiger partial charge is 0.344 e. The van der Waals surface area contributed by atoms with Crippen molar-refractivity contribution in [1.29, 1.82) is 0 Å². The van der Waals surface area contributed by atoms with Crippen LogP contribution in [-0.4, -0.2) is 43.1 Å². The monoisotopic (exact) mass is 467 g/mol. The van der Waals surface area contributed by atoms with Gasteiger partial charge >= 0.3 is 5.97 Å². The summed E-state index contributed by atoms with van der Waals surface area (Å²) in [6, 6.07) is 9.77. The van der Waals surface area contributed by atoms with Crippen LogP contribution in [0.5, 0.6) is 11.5 Å². The molecule has 34 heavy (non-hydrogen) atoms. The van der Waals surface area contributed by atoms with Gasteiger partial charge in [0.2, 0.25) is 5.91 Å². The third kappa shape index (κ3) is 7.37. The maximum atomic E-state index is 12.5. The molecular weight excluding hydrogens is 430 g/mol. The summed E-state index contributed by atoms with van der Waals surface area (Å²) in [7, 11) is 0. The van der Waals surface area contributed by atoms with Crippen LogP contribution in [0.2, 0.25) is 0 Å². The van der Waals surface area contributed by atoms with Crippen LogP contribution >= 0.6 is 0 Å². The number of hydrogen-bond acceptors (Lipinski definition) is 5. The molecule has 0 saturated carbocycles. The Morgan fingerprint density at radius 3 is 2.15 bits per heavy atom. The number of nitrogens with zero attached hydrogens (tertiary/aromatic N) is 1. The van der Waals surface area contributed by atoms with Gasteiger partial charge in [-0.15, -0.1) is 0 Å². The number of amides is 1. The maximum Gasteiger partial charge on any atom is 0.344 e. The zero-order valence-corrected chi connectivity index (χ0v) is 21.5. The summed E-state index contributed by atoms with van der Waals surface area (Å²) in [5.74, 6) is 0.460. The molecule has 0 radical (unpaired) electrons. The molecule has 2 aromatic carbocycles. The Morgan fingerprint density at radius 1 is 0.912 bits per heavy atom. The van der Waals surface area contributed by atoms with Crippen molar-refractivity contribution in [1.82, 2.24) is 4.90 Å². The number of hydrogen-bond donors (Lipinski definition) is 0. The third-order valence-electron chi connectivity index (χ3n) is 5.68. The Hall–Kier alpha value is -3.28. The second-order valence-corrected chi connectivity index (χ2v) is 8.26. The van der Waals surface area contributed by atoms with Gasteiger partial charge in [0.15, 0.2) is 18.1 Å². The van der Waals surface area contributed by atoms with Gasteiger partial charge in [-0.3, -0.25) is 4.79 Å². The number of rotatable bonds is 11. The third-order valence-corrected chi connectivity index (χ3v) is 5.68. The molecule has 0 bridgehead atoms. The van der Waals surface area contributed by atoms with Crippen LogP contribution in [0.4, 0.5) is 0 Å². The molecule has 0 saturated heterocycles. The molecular formula is C28H37NO5. The zero-order valence-electron chi connectivity index (χ0n) is 21.5. The highest BCUT2D eigenvalue weighted by Gasteiger charge is 2.14. The minimum Gasteiger partial charge on any atom is -0.485 e. The molecule has 2 rings (SSSR count). The summed E-state index contributed by atoms with van der Waals surface area (Å²) in [6.45, 7) is 15.5.